The van der Waals surface area contributed by atoms with Crippen LogP contribution in [-0.4, -0.2) is 29.2 Å². The molecule has 0 radical (unpaired) electrons. The summed E-state index contributed by atoms with van der Waals surface area (Å²) in [6.45, 7) is 0.886. The number of benzene rings is 1. The highest BCUT2D eigenvalue weighted by molar-refractivity contribution is 7.99. The summed E-state index contributed by atoms with van der Waals surface area (Å²) in [7, 11) is 0. The molecule has 0 fully saturated rings. The number of esters is 1. The molecule has 0 spiro atoms. The van der Waals surface area contributed by atoms with Gasteiger partial charge in [-0.1, -0.05) is 11.8 Å². The minimum absolute atomic E-state index is 0.214. The normalized spacial score (nSPS) is 10.1. The number of carbonyl (C=O) groups is 2. The average molecular weight is 393 g/mol. The largest absolute Gasteiger partial charge is 0.455 e. The highest BCUT2D eigenvalue weighted by atomic mass is 32.2. The number of aryl methyl sites for hydroxylation is 1. The number of hydrogen-bond donors (Lipinski definition) is 2. The van der Waals surface area contributed by atoms with Crippen LogP contribution in [0.4, 0.5) is 14.5 Å². The van der Waals surface area contributed by atoms with E-state index in [-0.39, 0.29) is 22.0 Å². The molecule has 2 aromatic rings. The van der Waals surface area contributed by atoms with Gasteiger partial charge in [0, 0.05) is 12.1 Å². The first-order valence-electron chi connectivity index (χ1n) is 7.47. The van der Waals surface area contributed by atoms with Crippen molar-refractivity contribution in [2.75, 3.05) is 17.7 Å². The van der Waals surface area contributed by atoms with Crippen molar-refractivity contribution >= 4 is 29.3 Å². The number of nitrogens with zero attached hydrogens (tertiary/aromatic N) is 1. The molecule has 0 aliphatic carbocycles. The van der Waals surface area contributed by atoms with Gasteiger partial charge in [0.15, 0.2) is 6.61 Å². The summed E-state index contributed by atoms with van der Waals surface area (Å²) in [5.74, 6) is -3.48. The minimum Gasteiger partial charge on any atom is -0.455 e. The number of aromatic nitrogens is 1. The second kappa shape index (κ2) is 8.95. The Morgan fingerprint density at radius 3 is 2.78 bits per heavy atom. The monoisotopic (exact) mass is 393 g/mol. The lowest BCUT2D eigenvalue weighted by Crippen LogP contribution is -2.22. The third kappa shape index (κ3) is 5.65. The summed E-state index contributed by atoms with van der Waals surface area (Å²) in [5.41, 5.74) is -0.0966. The number of aromatic amines is 1. The van der Waals surface area contributed by atoms with E-state index in [0.717, 1.165) is 30.0 Å². The molecular formula is C17H13F2N3O4S. The molecule has 0 bridgehead atoms. The number of anilines is 1. The van der Waals surface area contributed by atoms with E-state index in [0.29, 0.717) is 5.56 Å². The van der Waals surface area contributed by atoms with Crippen molar-refractivity contribution in [2.24, 2.45) is 0 Å². The standard InChI is InChI=1S/C17H13F2N3O4S/c1-9-4-14(23)22-17(11(9)6-20)27-8-16(25)26-7-15(24)21-13-5-10(18)2-3-12(13)19/h2-5H,7-8H2,1H3,(H,21,24)(H,22,23). The first kappa shape index (κ1) is 20.1. The van der Waals surface area contributed by atoms with Gasteiger partial charge in [-0.3, -0.25) is 14.4 Å². The van der Waals surface area contributed by atoms with Crippen molar-refractivity contribution in [3.05, 3.63) is 57.4 Å². The van der Waals surface area contributed by atoms with E-state index in [4.69, 9.17) is 10.00 Å². The summed E-state index contributed by atoms with van der Waals surface area (Å²) in [6.07, 6.45) is 0. The maximum absolute atomic E-state index is 13.4. The average Bonchev–Trinajstić information content (AvgIpc) is 2.61. The van der Waals surface area contributed by atoms with Crippen molar-refractivity contribution in [3.63, 3.8) is 0 Å². The molecule has 1 aromatic heterocycles. The van der Waals surface area contributed by atoms with Crippen LogP contribution in [0, 0.1) is 29.9 Å². The molecule has 0 unspecified atom stereocenters. The Morgan fingerprint density at radius 1 is 1.33 bits per heavy atom. The van der Waals surface area contributed by atoms with Crippen molar-refractivity contribution in [1.82, 2.24) is 4.98 Å². The molecule has 0 aliphatic rings. The zero-order valence-electron chi connectivity index (χ0n) is 14.0. The third-order valence-electron chi connectivity index (χ3n) is 3.22. The van der Waals surface area contributed by atoms with Gasteiger partial charge in [0.2, 0.25) is 5.56 Å². The lowest BCUT2D eigenvalue weighted by atomic mass is 10.2. The maximum Gasteiger partial charge on any atom is 0.316 e. The van der Waals surface area contributed by atoms with E-state index in [1.807, 2.05) is 6.07 Å². The maximum atomic E-state index is 13.4. The van der Waals surface area contributed by atoms with Crippen LogP contribution in [0.15, 0.2) is 34.1 Å². The number of rotatable bonds is 6. The number of nitriles is 1. The molecule has 10 heteroatoms. The molecule has 0 atom stereocenters. The van der Waals surface area contributed by atoms with Crippen LogP contribution >= 0.6 is 11.8 Å². The fourth-order valence-electron chi connectivity index (χ4n) is 2.00. The van der Waals surface area contributed by atoms with Crippen molar-refractivity contribution in [3.8, 4) is 6.07 Å². The van der Waals surface area contributed by atoms with E-state index in [1.54, 1.807) is 6.92 Å². The van der Waals surface area contributed by atoms with E-state index in [1.165, 1.54) is 6.07 Å². The van der Waals surface area contributed by atoms with Crippen LogP contribution in [0.3, 0.4) is 0 Å². The second-order valence-corrected chi connectivity index (χ2v) is 6.24. The Balaban J connectivity index is 1.88. The van der Waals surface area contributed by atoms with Crippen LogP contribution in [0.2, 0.25) is 0 Å². The van der Waals surface area contributed by atoms with Gasteiger partial charge >= 0.3 is 5.97 Å². The Labute approximate surface area is 156 Å². The summed E-state index contributed by atoms with van der Waals surface area (Å²) >= 11 is 0.874. The van der Waals surface area contributed by atoms with E-state index < -0.39 is 35.7 Å². The molecule has 0 aliphatic heterocycles. The molecule has 1 heterocycles. The van der Waals surface area contributed by atoms with E-state index >= 15 is 0 Å². The number of carbonyl (C=O) groups excluding carboxylic acids is 2. The van der Waals surface area contributed by atoms with Gasteiger partial charge in [0.25, 0.3) is 5.91 Å². The SMILES string of the molecule is Cc1cc(=O)[nH]c(SCC(=O)OCC(=O)Nc2cc(F)ccc2F)c1C#N. The fraction of sp³-hybridized carbons (Fsp3) is 0.176. The number of H-pyrrole nitrogens is 1. The second-order valence-electron chi connectivity index (χ2n) is 5.25. The van der Waals surface area contributed by atoms with Gasteiger partial charge in [0.1, 0.15) is 17.7 Å². The van der Waals surface area contributed by atoms with Gasteiger partial charge in [0.05, 0.1) is 22.0 Å². The fourth-order valence-corrected chi connectivity index (χ4v) is 2.87. The predicted octanol–water partition coefficient (Wildman–Crippen LogP) is 2.11. The van der Waals surface area contributed by atoms with Gasteiger partial charge in [-0.15, -0.1) is 0 Å². The molecule has 1 aromatic carbocycles. The predicted molar refractivity (Wildman–Crippen MR) is 93.2 cm³/mol. The van der Waals surface area contributed by atoms with Crippen molar-refractivity contribution in [2.45, 2.75) is 11.9 Å². The zero-order chi connectivity index (χ0) is 20.0. The number of amides is 1. The Hall–Kier alpha value is -3.19. The van der Waals surface area contributed by atoms with E-state index in [2.05, 4.69) is 10.3 Å². The Morgan fingerprint density at radius 2 is 2.07 bits per heavy atom. The third-order valence-corrected chi connectivity index (χ3v) is 4.19. The lowest BCUT2D eigenvalue weighted by molar-refractivity contribution is -0.144. The van der Waals surface area contributed by atoms with Gasteiger partial charge in [-0.2, -0.15) is 5.26 Å². The molecule has 0 saturated heterocycles. The molecule has 7 nitrogen and oxygen atoms in total. The first-order valence-corrected chi connectivity index (χ1v) is 8.46. The van der Waals surface area contributed by atoms with Gasteiger partial charge < -0.3 is 15.0 Å². The summed E-state index contributed by atoms with van der Waals surface area (Å²) in [6, 6.07) is 5.73. The quantitative estimate of drug-likeness (QED) is 0.574. The Kier molecular flexibility index (Phi) is 6.67. The lowest BCUT2D eigenvalue weighted by Gasteiger charge is -2.08. The number of thioether (sulfide) groups is 1. The van der Waals surface area contributed by atoms with Crippen LogP contribution in [0.1, 0.15) is 11.1 Å². The smallest absolute Gasteiger partial charge is 0.316 e. The van der Waals surface area contributed by atoms with Crippen LogP contribution < -0.4 is 10.9 Å². The molecule has 1 amide bonds. The summed E-state index contributed by atoms with van der Waals surface area (Å²) < 4.78 is 31.2. The number of hydrogen-bond acceptors (Lipinski definition) is 6. The number of pyridine rings is 1. The molecule has 2 N–H and O–H groups in total. The Bertz CT molecular complexity index is 985. The highest BCUT2D eigenvalue weighted by Crippen LogP contribution is 2.21. The number of nitrogens with one attached hydrogen (secondary N) is 2. The van der Waals surface area contributed by atoms with Crippen molar-refractivity contribution < 1.29 is 23.1 Å². The number of halogens is 2. The van der Waals surface area contributed by atoms with Gasteiger partial charge in [-0.05, 0) is 24.6 Å². The molecule has 140 valence electrons. The molecular weight excluding hydrogens is 380 g/mol. The van der Waals surface area contributed by atoms with E-state index in [9.17, 15) is 23.2 Å². The topological polar surface area (TPSA) is 112 Å². The molecule has 27 heavy (non-hydrogen) atoms. The molecule has 2 rings (SSSR count). The summed E-state index contributed by atoms with van der Waals surface area (Å²) in [5, 5.41) is 11.4. The minimum atomic E-state index is -0.848. The highest BCUT2D eigenvalue weighted by Gasteiger charge is 2.14. The van der Waals surface area contributed by atoms with Crippen LogP contribution in [0.25, 0.3) is 0 Å². The van der Waals surface area contributed by atoms with Gasteiger partial charge in [-0.25, -0.2) is 8.78 Å². The van der Waals surface area contributed by atoms with Crippen LogP contribution in [0.5, 0.6) is 0 Å². The summed E-state index contributed by atoms with van der Waals surface area (Å²) in [4.78, 5) is 37.3. The van der Waals surface area contributed by atoms with Crippen molar-refractivity contribution in [1.29, 1.82) is 5.26 Å². The molecule has 0 saturated carbocycles. The van der Waals surface area contributed by atoms with Crippen LogP contribution in [-0.2, 0) is 14.3 Å². The number of ether oxygens (including phenoxy) is 1. The zero-order valence-corrected chi connectivity index (χ0v) is 14.8. The first-order chi connectivity index (χ1) is 12.8.